The van der Waals surface area contributed by atoms with Crippen LogP contribution in [-0.2, 0) is 6.54 Å². The molecule has 29 heavy (non-hydrogen) atoms. The fourth-order valence-electron chi connectivity index (χ4n) is 3.06. The van der Waals surface area contributed by atoms with Crippen molar-refractivity contribution in [3.63, 3.8) is 0 Å². The maximum absolute atomic E-state index is 13.3. The van der Waals surface area contributed by atoms with Gasteiger partial charge in [0.25, 0.3) is 5.56 Å². The lowest BCUT2D eigenvalue weighted by molar-refractivity contribution is 0.267. The van der Waals surface area contributed by atoms with Crippen LogP contribution in [0.3, 0.4) is 0 Å². The van der Waals surface area contributed by atoms with Gasteiger partial charge in [-0.05, 0) is 24.3 Å². The molecule has 4 heterocycles. The lowest BCUT2D eigenvalue weighted by Gasteiger charge is -2.11. The predicted octanol–water partition coefficient (Wildman–Crippen LogP) is 4.27. The number of pyridine rings is 1. The zero-order valence-corrected chi connectivity index (χ0v) is 18.0. The molecule has 0 amide bonds. The average Bonchev–Trinajstić information content (AvgIpc) is 3.33. The number of H-pyrrole nitrogens is 1. The first kappa shape index (κ1) is 19.6. The summed E-state index contributed by atoms with van der Waals surface area (Å²) in [5, 5.41) is 4.60. The molecule has 150 valence electrons. The zero-order chi connectivity index (χ0) is 20.5. The topological polar surface area (TPSA) is 77.0 Å². The number of hydrogen-bond donors (Lipinski definition) is 1. The minimum absolute atomic E-state index is 0.0990. The molecule has 0 atom stereocenters. The molecule has 0 unspecified atom stereocenters. The molecule has 0 aromatic carbocycles. The number of fused-ring (bicyclic) bond motifs is 1. The average molecular weight is 428 g/mol. The Hall–Kier alpha value is -2.71. The molecule has 0 aliphatic rings. The summed E-state index contributed by atoms with van der Waals surface area (Å²) in [6.45, 7) is 6.58. The van der Waals surface area contributed by atoms with E-state index in [0.717, 1.165) is 15.3 Å². The van der Waals surface area contributed by atoms with Gasteiger partial charge >= 0.3 is 0 Å². The molecule has 6 nitrogen and oxygen atoms in total. The summed E-state index contributed by atoms with van der Waals surface area (Å²) in [7, 11) is 0. The van der Waals surface area contributed by atoms with E-state index in [0.29, 0.717) is 29.4 Å². The number of thiophene rings is 2. The summed E-state index contributed by atoms with van der Waals surface area (Å²) in [6.07, 6.45) is 1.56. The Morgan fingerprint density at radius 2 is 2.10 bits per heavy atom. The van der Waals surface area contributed by atoms with Gasteiger partial charge < -0.3 is 9.72 Å². The summed E-state index contributed by atoms with van der Waals surface area (Å²) in [6, 6.07) is 5.46. The van der Waals surface area contributed by atoms with Crippen molar-refractivity contribution in [1.82, 2.24) is 14.5 Å². The van der Waals surface area contributed by atoms with Crippen LogP contribution in [-0.4, -0.2) is 21.1 Å². The highest BCUT2D eigenvalue weighted by molar-refractivity contribution is 7.18. The van der Waals surface area contributed by atoms with Crippen LogP contribution in [0.2, 0.25) is 0 Å². The van der Waals surface area contributed by atoms with Gasteiger partial charge in [-0.3, -0.25) is 14.2 Å². The summed E-state index contributed by atoms with van der Waals surface area (Å²) in [5.74, 6) is 1.23. The molecule has 4 aromatic heterocycles. The number of rotatable bonds is 6. The molecular formula is C21H21N3O3S2. The van der Waals surface area contributed by atoms with Crippen LogP contribution < -0.4 is 15.7 Å². The van der Waals surface area contributed by atoms with Crippen LogP contribution >= 0.6 is 22.7 Å². The molecule has 4 rings (SSSR count). The summed E-state index contributed by atoms with van der Waals surface area (Å²) in [4.78, 5) is 35.1. The van der Waals surface area contributed by atoms with Gasteiger partial charge in [-0.1, -0.05) is 19.9 Å². The first-order chi connectivity index (χ1) is 13.9. The first-order valence-electron chi connectivity index (χ1n) is 9.31. The van der Waals surface area contributed by atoms with Gasteiger partial charge in [0.05, 0.1) is 18.5 Å². The number of nitrogens with zero attached hydrogens (tertiary/aromatic N) is 2. The zero-order valence-electron chi connectivity index (χ0n) is 16.4. The van der Waals surface area contributed by atoms with E-state index in [2.05, 4.69) is 9.97 Å². The van der Waals surface area contributed by atoms with Crippen molar-refractivity contribution >= 4 is 32.9 Å². The predicted molar refractivity (Wildman–Crippen MR) is 118 cm³/mol. The SMILES string of the molecule is Cc1nc2scc(-c3cccs3)c2c(=O)n1Cc1cc(=O)c(OCC(C)C)c[nH]1. The number of aromatic amines is 1. The van der Waals surface area contributed by atoms with Crippen molar-refractivity contribution in [1.29, 1.82) is 0 Å². The quantitative estimate of drug-likeness (QED) is 0.499. The van der Waals surface area contributed by atoms with Gasteiger partial charge in [0.2, 0.25) is 5.43 Å². The van der Waals surface area contributed by atoms with Crippen molar-refractivity contribution in [2.24, 2.45) is 5.92 Å². The second-order valence-corrected chi connectivity index (χ2v) is 9.05. The highest BCUT2D eigenvalue weighted by Crippen LogP contribution is 2.33. The third-order valence-electron chi connectivity index (χ3n) is 4.51. The molecule has 0 saturated carbocycles. The van der Waals surface area contributed by atoms with E-state index in [1.165, 1.54) is 17.4 Å². The van der Waals surface area contributed by atoms with Crippen LogP contribution in [0.5, 0.6) is 5.75 Å². The van der Waals surface area contributed by atoms with Crippen molar-refractivity contribution in [3.05, 3.63) is 67.3 Å². The second kappa shape index (κ2) is 7.96. The lowest BCUT2D eigenvalue weighted by atomic mass is 10.2. The normalized spacial score (nSPS) is 11.4. The summed E-state index contributed by atoms with van der Waals surface area (Å²) >= 11 is 3.07. The molecule has 0 aliphatic carbocycles. The third-order valence-corrected chi connectivity index (χ3v) is 6.28. The molecule has 0 spiro atoms. The lowest BCUT2D eigenvalue weighted by Crippen LogP contribution is -2.25. The minimum Gasteiger partial charge on any atom is -0.488 e. The Balaban J connectivity index is 1.71. The molecule has 0 saturated heterocycles. The van der Waals surface area contributed by atoms with Crippen LogP contribution in [0, 0.1) is 12.8 Å². The van der Waals surface area contributed by atoms with E-state index < -0.39 is 0 Å². The Kier molecular flexibility index (Phi) is 5.38. The number of aryl methyl sites for hydroxylation is 1. The number of nitrogens with one attached hydrogen (secondary N) is 1. The molecule has 0 bridgehead atoms. The maximum Gasteiger partial charge on any atom is 0.263 e. The number of ether oxygens (including phenoxy) is 1. The molecule has 1 N–H and O–H groups in total. The molecule has 8 heteroatoms. The first-order valence-corrected chi connectivity index (χ1v) is 11.1. The number of aromatic nitrogens is 3. The van der Waals surface area contributed by atoms with Gasteiger partial charge in [0.15, 0.2) is 5.75 Å². The van der Waals surface area contributed by atoms with E-state index in [1.807, 2.05) is 43.7 Å². The Bertz CT molecular complexity index is 1270. The van der Waals surface area contributed by atoms with Gasteiger partial charge in [-0.15, -0.1) is 22.7 Å². The monoisotopic (exact) mass is 427 g/mol. The Morgan fingerprint density at radius 3 is 2.79 bits per heavy atom. The molecule has 0 radical (unpaired) electrons. The maximum atomic E-state index is 13.3. The highest BCUT2D eigenvalue weighted by atomic mass is 32.1. The van der Waals surface area contributed by atoms with E-state index >= 15 is 0 Å². The minimum atomic E-state index is -0.200. The molecule has 4 aromatic rings. The van der Waals surface area contributed by atoms with E-state index in [4.69, 9.17) is 4.74 Å². The largest absolute Gasteiger partial charge is 0.488 e. The summed E-state index contributed by atoms with van der Waals surface area (Å²) < 4.78 is 7.14. The van der Waals surface area contributed by atoms with E-state index in [1.54, 1.807) is 22.1 Å². The standard InChI is InChI=1S/C21H21N3O3S2/c1-12(2)10-27-17-8-22-14(7-16(17)25)9-24-13(3)23-20-19(21(24)26)15(11-29-20)18-5-4-6-28-18/h4-8,11-12H,9-10H2,1-3H3,(H,22,25). The second-order valence-electron chi connectivity index (χ2n) is 7.25. The van der Waals surface area contributed by atoms with Crippen LogP contribution in [0.1, 0.15) is 25.4 Å². The van der Waals surface area contributed by atoms with Crippen molar-refractivity contribution in [2.75, 3.05) is 6.61 Å². The number of hydrogen-bond acceptors (Lipinski definition) is 6. The van der Waals surface area contributed by atoms with Crippen molar-refractivity contribution in [3.8, 4) is 16.2 Å². The smallest absolute Gasteiger partial charge is 0.263 e. The van der Waals surface area contributed by atoms with Gasteiger partial charge in [-0.25, -0.2) is 4.98 Å². The van der Waals surface area contributed by atoms with Crippen LogP contribution in [0.4, 0.5) is 0 Å². The Labute approximate surface area is 175 Å². The molecule has 0 aliphatic heterocycles. The van der Waals surface area contributed by atoms with Crippen molar-refractivity contribution in [2.45, 2.75) is 27.3 Å². The highest BCUT2D eigenvalue weighted by Gasteiger charge is 2.16. The molecular weight excluding hydrogens is 406 g/mol. The van der Waals surface area contributed by atoms with Gasteiger partial charge in [0, 0.05) is 33.8 Å². The molecule has 0 fully saturated rings. The van der Waals surface area contributed by atoms with E-state index in [9.17, 15) is 9.59 Å². The Morgan fingerprint density at radius 1 is 1.28 bits per heavy atom. The fraction of sp³-hybridized carbons (Fsp3) is 0.286. The van der Waals surface area contributed by atoms with Crippen LogP contribution in [0.25, 0.3) is 20.7 Å². The fourth-order valence-corrected chi connectivity index (χ4v) is 4.85. The third kappa shape index (κ3) is 3.90. The summed E-state index contributed by atoms with van der Waals surface area (Å²) in [5.41, 5.74) is 1.25. The van der Waals surface area contributed by atoms with Gasteiger partial charge in [0.1, 0.15) is 10.7 Å². The van der Waals surface area contributed by atoms with Gasteiger partial charge in [-0.2, -0.15) is 0 Å². The van der Waals surface area contributed by atoms with Crippen molar-refractivity contribution < 1.29 is 4.74 Å². The van der Waals surface area contributed by atoms with Crippen LogP contribution in [0.15, 0.2) is 44.7 Å². The van der Waals surface area contributed by atoms with E-state index in [-0.39, 0.29) is 23.3 Å².